The largest absolute Gasteiger partial charge is 0.504 e. The highest BCUT2D eigenvalue weighted by Gasteiger charge is 2.03. The van der Waals surface area contributed by atoms with Crippen molar-refractivity contribution in [2.24, 2.45) is 0 Å². The number of hydrogen-bond donors (Lipinski definition) is 2. The van der Waals surface area contributed by atoms with Crippen LogP contribution in [0.1, 0.15) is 15.9 Å². The number of rotatable bonds is 4. The van der Waals surface area contributed by atoms with Gasteiger partial charge in [0.05, 0.1) is 5.56 Å². The van der Waals surface area contributed by atoms with E-state index in [1.165, 1.54) is 12.1 Å². The van der Waals surface area contributed by atoms with Gasteiger partial charge < -0.3 is 14.9 Å². The molecule has 2 N–H and O–H groups in total. The Hall–Kier alpha value is -2.49. The van der Waals surface area contributed by atoms with Gasteiger partial charge >= 0.3 is 5.97 Å². The second kappa shape index (κ2) is 5.23. The van der Waals surface area contributed by atoms with Crippen LogP contribution in [0, 0.1) is 0 Å². The molecule has 0 spiro atoms. The van der Waals surface area contributed by atoms with Gasteiger partial charge in [-0.25, -0.2) is 4.79 Å². The lowest BCUT2D eigenvalue weighted by Crippen LogP contribution is -1.98. The van der Waals surface area contributed by atoms with Gasteiger partial charge in [-0.1, -0.05) is 24.3 Å². The smallest absolute Gasteiger partial charge is 0.335 e. The van der Waals surface area contributed by atoms with Crippen molar-refractivity contribution in [3.63, 3.8) is 0 Å². The third-order valence-electron chi connectivity index (χ3n) is 2.46. The molecule has 92 valence electrons. The second-order valence-electron chi connectivity index (χ2n) is 3.76. The molecule has 0 heterocycles. The molecule has 2 rings (SSSR count). The molecule has 0 radical (unpaired) electrons. The fourth-order valence-corrected chi connectivity index (χ4v) is 1.48. The van der Waals surface area contributed by atoms with Crippen LogP contribution in [0.4, 0.5) is 0 Å². The van der Waals surface area contributed by atoms with E-state index >= 15 is 0 Å². The molecule has 0 saturated carbocycles. The molecule has 0 bridgehead atoms. The van der Waals surface area contributed by atoms with Crippen molar-refractivity contribution in [2.45, 2.75) is 6.61 Å². The Morgan fingerprint density at radius 2 is 1.72 bits per heavy atom. The monoisotopic (exact) mass is 244 g/mol. The molecule has 2 aromatic rings. The maximum Gasteiger partial charge on any atom is 0.335 e. The highest BCUT2D eigenvalue weighted by atomic mass is 16.5. The average Bonchev–Trinajstić information content (AvgIpc) is 2.38. The van der Waals surface area contributed by atoms with E-state index in [4.69, 9.17) is 9.84 Å². The van der Waals surface area contributed by atoms with Gasteiger partial charge in [-0.05, 0) is 29.8 Å². The van der Waals surface area contributed by atoms with Crippen molar-refractivity contribution >= 4 is 5.97 Å². The van der Waals surface area contributed by atoms with Gasteiger partial charge in [0.15, 0.2) is 11.5 Å². The molecular formula is C14H12O4. The first-order valence-corrected chi connectivity index (χ1v) is 5.40. The fourth-order valence-electron chi connectivity index (χ4n) is 1.48. The predicted octanol–water partition coefficient (Wildman–Crippen LogP) is 2.67. The van der Waals surface area contributed by atoms with Crippen LogP contribution in [0.5, 0.6) is 11.5 Å². The number of phenols is 1. The molecule has 4 heteroatoms. The van der Waals surface area contributed by atoms with E-state index in [2.05, 4.69) is 0 Å². The highest BCUT2D eigenvalue weighted by molar-refractivity contribution is 5.87. The molecule has 0 aliphatic carbocycles. The fraction of sp³-hybridized carbons (Fsp3) is 0.0714. The number of carbonyl (C=O) groups is 1. The van der Waals surface area contributed by atoms with Gasteiger partial charge in [-0.3, -0.25) is 0 Å². The summed E-state index contributed by atoms with van der Waals surface area (Å²) in [5.74, 6) is -0.470. The third-order valence-corrected chi connectivity index (χ3v) is 2.46. The minimum absolute atomic E-state index is 0.0830. The molecule has 0 saturated heterocycles. The number of carboxylic acids is 1. The zero-order valence-corrected chi connectivity index (χ0v) is 9.54. The molecule has 0 aliphatic rings. The lowest BCUT2D eigenvalue weighted by molar-refractivity contribution is 0.0697. The summed E-state index contributed by atoms with van der Waals surface area (Å²) in [5, 5.41) is 18.3. The van der Waals surface area contributed by atoms with Crippen LogP contribution in [0.15, 0.2) is 48.5 Å². The molecule has 0 fully saturated rings. The Morgan fingerprint density at radius 1 is 1.06 bits per heavy atom. The maximum absolute atomic E-state index is 10.7. The van der Waals surface area contributed by atoms with Crippen LogP contribution in [0.25, 0.3) is 0 Å². The normalized spacial score (nSPS) is 10.0. The Labute approximate surface area is 104 Å². The van der Waals surface area contributed by atoms with E-state index in [1.807, 2.05) is 0 Å². The second-order valence-corrected chi connectivity index (χ2v) is 3.76. The number of ether oxygens (including phenoxy) is 1. The lowest BCUT2D eigenvalue weighted by Gasteiger charge is -2.07. The molecule has 0 aromatic heterocycles. The number of para-hydroxylation sites is 2. The summed E-state index contributed by atoms with van der Waals surface area (Å²) in [6.07, 6.45) is 0. The van der Waals surface area contributed by atoms with Gasteiger partial charge in [-0.2, -0.15) is 0 Å². The topological polar surface area (TPSA) is 66.8 Å². The van der Waals surface area contributed by atoms with Crippen LogP contribution < -0.4 is 4.74 Å². The molecular weight excluding hydrogens is 232 g/mol. The van der Waals surface area contributed by atoms with Crippen LogP contribution in [0.2, 0.25) is 0 Å². The molecule has 18 heavy (non-hydrogen) atoms. The first kappa shape index (κ1) is 12.0. The molecule has 0 amide bonds. The number of hydrogen-bond acceptors (Lipinski definition) is 3. The highest BCUT2D eigenvalue weighted by Crippen LogP contribution is 2.25. The summed E-state index contributed by atoms with van der Waals surface area (Å²) < 4.78 is 5.43. The molecule has 4 nitrogen and oxygen atoms in total. The lowest BCUT2D eigenvalue weighted by atomic mass is 10.1. The Morgan fingerprint density at radius 3 is 2.33 bits per heavy atom. The summed E-state index contributed by atoms with van der Waals surface area (Å²) in [5.41, 5.74) is 1.07. The van der Waals surface area contributed by atoms with E-state index in [1.54, 1.807) is 36.4 Å². The Balaban J connectivity index is 2.02. The molecule has 0 unspecified atom stereocenters. The van der Waals surface area contributed by atoms with Gasteiger partial charge in [0.1, 0.15) is 6.61 Å². The zero-order chi connectivity index (χ0) is 13.0. The average molecular weight is 244 g/mol. The minimum Gasteiger partial charge on any atom is -0.504 e. The van der Waals surface area contributed by atoms with E-state index in [0.29, 0.717) is 5.75 Å². The predicted molar refractivity (Wildman–Crippen MR) is 65.8 cm³/mol. The van der Waals surface area contributed by atoms with Crippen molar-refractivity contribution in [3.8, 4) is 11.5 Å². The third kappa shape index (κ3) is 2.79. The Kier molecular flexibility index (Phi) is 3.48. The van der Waals surface area contributed by atoms with Gasteiger partial charge in [0, 0.05) is 0 Å². The van der Waals surface area contributed by atoms with Gasteiger partial charge in [0.25, 0.3) is 0 Å². The zero-order valence-electron chi connectivity index (χ0n) is 9.54. The maximum atomic E-state index is 10.7. The number of carboxylic acid groups (broad SMARTS) is 1. The van der Waals surface area contributed by atoms with Crippen molar-refractivity contribution < 1.29 is 19.7 Å². The molecule has 0 atom stereocenters. The summed E-state index contributed by atoms with van der Waals surface area (Å²) in [6, 6.07) is 13.1. The summed E-state index contributed by atoms with van der Waals surface area (Å²) in [4.78, 5) is 10.7. The van der Waals surface area contributed by atoms with Crippen molar-refractivity contribution in [1.29, 1.82) is 0 Å². The van der Waals surface area contributed by atoms with Gasteiger partial charge in [-0.15, -0.1) is 0 Å². The van der Waals surface area contributed by atoms with E-state index in [0.717, 1.165) is 5.56 Å². The first-order valence-electron chi connectivity index (χ1n) is 5.40. The van der Waals surface area contributed by atoms with Crippen LogP contribution in [-0.4, -0.2) is 16.2 Å². The molecule has 0 aliphatic heterocycles. The SMILES string of the molecule is O=C(O)c1ccc(COc2ccccc2O)cc1. The minimum atomic E-state index is -0.955. The quantitative estimate of drug-likeness (QED) is 0.867. The number of aromatic hydroxyl groups is 1. The Bertz CT molecular complexity index is 546. The summed E-state index contributed by atoms with van der Waals surface area (Å²) in [7, 11) is 0. The van der Waals surface area contributed by atoms with Gasteiger partial charge in [0.2, 0.25) is 0 Å². The van der Waals surface area contributed by atoms with E-state index < -0.39 is 5.97 Å². The van der Waals surface area contributed by atoms with Crippen molar-refractivity contribution in [1.82, 2.24) is 0 Å². The first-order chi connectivity index (χ1) is 8.66. The van der Waals surface area contributed by atoms with Crippen LogP contribution >= 0.6 is 0 Å². The van der Waals surface area contributed by atoms with Crippen molar-refractivity contribution in [3.05, 3.63) is 59.7 Å². The number of benzene rings is 2. The van der Waals surface area contributed by atoms with E-state index in [-0.39, 0.29) is 17.9 Å². The standard InChI is InChI=1S/C14H12O4/c15-12-3-1-2-4-13(12)18-9-10-5-7-11(8-6-10)14(16)17/h1-8,15H,9H2,(H,16,17). The van der Waals surface area contributed by atoms with Crippen LogP contribution in [0.3, 0.4) is 0 Å². The van der Waals surface area contributed by atoms with Crippen LogP contribution in [-0.2, 0) is 6.61 Å². The summed E-state index contributed by atoms with van der Waals surface area (Å²) in [6.45, 7) is 0.275. The number of phenolic OH excluding ortho intramolecular Hbond substituents is 1. The molecule has 2 aromatic carbocycles. The number of aromatic carboxylic acids is 1. The van der Waals surface area contributed by atoms with Crippen molar-refractivity contribution in [2.75, 3.05) is 0 Å². The summed E-state index contributed by atoms with van der Waals surface area (Å²) >= 11 is 0. The van der Waals surface area contributed by atoms with E-state index in [9.17, 15) is 9.90 Å².